The van der Waals surface area contributed by atoms with Gasteiger partial charge in [0.15, 0.2) is 0 Å². The average Bonchev–Trinajstić information content (AvgIpc) is 2.60. The van der Waals surface area contributed by atoms with Crippen molar-refractivity contribution in [1.82, 2.24) is 0 Å². The van der Waals surface area contributed by atoms with Gasteiger partial charge in [-0.1, -0.05) is 49.0 Å². The van der Waals surface area contributed by atoms with E-state index in [1.807, 2.05) is 42.5 Å². The molecule has 0 atom stereocenters. The van der Waals surface area contributed by atoms with Crippen LogP contribution in [0.4, 0.5) is 0 Å². The lowest BCUT2D eigenvalue weighted by Crippen LogP contribution is -2.07. The minimum absolute atomic E-state index is 0.132. The van der Waals surface area contributed by atoms with E-state index in [1.165, 1.54) is 14.2 Å². The maximum Gasteiger partial charge on any atom is 0.337 e. The highest BCUT2D eigenvalue weighted by Crippen LogP contribution is 2.30. The summed E-state index contributed by atoms with van der Waals surface area (Å²) in [7, 11) is 2.66. The van der Waals surface area contributed by atoms with E-state index in [4.69, 9.17) is 4.74 Å². The second kappa shape index (κ2) is 7.40. The molecule has 4 nitrogen and oxygen atoms in total. The number of benzene rings is 2. The molecule has 2 aromatic rings. The van der Waals surface area contributed by atoms with Crippen LogP contribution in [0.25, 0.3) is 16.7 Å². The summed E-state index contributed by atoms with van der Waals surface area (Å²) in [5.74, 6) is -0.843. The third-order valence-electron chi connectivity index (χ3n) is 3.50. The number of carbonyl (C=O) groups excluding carboxylic acids is 2. The monoisotopic (exact) mass is 310 g/mol. The highest BCUT2D eigenvalue weighted by Gasteiger charge is 2.16. The Morgan fingerprint density at radius 2 is 1.70 bits per heavy atom. The van der Waals surface area contributed by atoms with Crippen molar-refractivity contribution in [3.05, 3.63) is 66.2 Å². The van der Waals surface area contributed by atoms with Gasteiger partial charge >= 0.3 is 11.9 Å². The van der Waals surface area contributed by atoms with Crippen LogP contribution in [0.15, 0.2) is 55.1 Å². The first-order valence-corrected chi connectivity index (χ1v) is 7.09. The third-order valence-corrected chi connectivity index (χ3v) is 3.50. The van der Waals surface area contributed by atoms with Crippen LogP contribution in [0.1, 0.15) is 11.1 Å². The largest absolute Gasteiger partial charge is 0.469 e. The molecule has 0 fully saturated rings. The van der Waals surface area contributed by atoms with E-state index in [-0.39, 0.29) is 18.0 Å². The molecule has 0 aliphatic heterocycles. The first-order chi connectivity index (χ1) is 11.1. The summed E-state index contributed by atoms with van der Waals surface area (Å²) in [4.78, 5) is 23.3. The van der Waals surface area contributed by atoms with Crippen molar-refractivity contribution < 1.29 is 19.1 Å². The van der Waals surface area contributed by atoms with E-state index < -0.39 is 5.97 Å². The van der Waals surface area contributed by atoms with Gasteiger partial charge < -0.3 is 9.47 Å². The second-order valence-electron chi connectivity index (χ2n) is 4.97. The van der Waals surface area contributed by atoms with Gasteiger partial charge in [0, 0.05) is 0 Å². The average molecular weight is 310 g/mol. The van der Waals surface area contributed by atoms with Crippen LogP contribution in [0, 0.1) is 0 Å². The van der Waals surface area contributed by atoms with Gasteiger partial charge in [0.2, 0.25) is 0 Å². The smallest absolute Gasteiger partial charge is 0.337 e. The fourth-order valence-electron chi connectivity index (χ4n) is 2.29. The number of hydrogen-bond donors (Lipinski definition) is 0. The third kappa shape index (κ3) is 3.86. The van der Waals surface area contributed by atoms with Crippen molar-refractivity contribution in [2.75, 3.05) is 14.2 Å². The number of esters is 2. The Morgan fingerprint density at radius 1 is 1.00 bits per heavy atom. The van der Waals surface area contributed by atoms with Crippen LogP contribution in [-0.2, 0) is 25.5 Å². The van der Waals surface area contributed by atoms with Crippen LogP contribution < -0.4 is 0 Å². The van der Waals surface area contributed by atoms with E-state index >= 15 is 0 Å². The molecular weight excluding hydrogens is 292 g/mol. The van der Waals surface area contributed by atoms with E-state index in [0.717, 1.165) is 16.7 Å². The summed E-state index contributed by atoms with van der Waals surface area (Å²) >= 11 is 0. The van der Waals surface area contributed by atoms with E-state index in [2.05, 4.69) is 11.3 Å². The quantitative estimate of drug-likeness (QED) is 0.628. The van der Waals surface area contributed by atoms with Crippen molar-refractivity contribution >= 4 is 17.5 Å². The van der Waals surface area contributed by atoms with Gasteiger partial charge in [-0.15, -0.1) is 0 Å². The van der Waals surface area contributed by atoms with Crippen molar-refractivity contribution in [1.29, 1.82) is 0 Å². The highest BCUT2D eigenvalue weighted by molar-refractivity contribution is 6.17. The first-order valence-electron chi connectivity index (χ1n) is 7.09. The molecule has 0 aliphatic carbocycles. The lowest BCUT2D eigenvalue weighted by molar-refractivity contribution is -0.139. The van der Waals surface area contributed by atoms with Crippen LogP contribution in [-0.4, -0.2) is 26.2 Å². The van der Waals surface area contributed by atoms with Crippen LogP contribution in [0.5, 0.6) is 0 Å². The molecule has 23 heavy (non-hydrogen) atoms. The molecule has 0 N–H and O–H groups in total. The SMILES string of the molecule is C=C(C(=O)OC)c1cc(CC(=O)OC)ccc1-c1ccccc1. The molecule has 0 bridgehead atoms. The Hall–Kier alpha value is -2.88. The number of hydrogen-bond acceptors (Lipinski definition) is 4. The Labute approximate surface area is 135 Å². The fourth-order valence-corrected chi connectivity index (χ4v) is 2.29. The molecule has 0 amide bonds. The number of rotatable bonds is 5. The maximum atomic E-state index is 11.9. The van der Waals surface area contributed by atoms with Gasteiger partial charge in [0.05, 0.1) is 26.2 Å². The van der Waals surface area contributed by atoms with Crippen LogP contribution in [0.2, 0.25) is 0 Å². The molecule has 2 aromatic carbocycles. The minimum atomic E-state index is -0.502. The standard InChI is InChI=1S/C19H18O4/c1-13(19(21)23-3)17-11-14(12-18(20)22-2)9-10-16(17)15-7-5-4-6-8-15/h4-11H,1,12H2,2-3H3. The van der Waals surface area contributed by atoms with E-state index in [0.29, 0.717) is 5.56 Å². The number of carbonyl (C=O) groups is 2. The van der Waals surface area contributed by atoms with Gasteiger partial charge in [-0.3, -0.25) is 4.79 Å². The molecule has 2 rings (SSSR count). The van der Waals surface area contributed by atoms with Gasteiger partial charge in [0.25, 0.3) is 0 Å². The van der Waals surface area contributed by atoms with Crippen molar-refractivity contribution in [3.63, 3.8) is 0 Å². The summed E-state index contributed by atoms with van der Waals surface area (Å²) in [6.07, 6.45) is 0.132. The van der Waals surface area contributed by atoms with Crippen molar-refractivity contribution in [2.24, 2.45) is 0 Å². The zero-order chi connectivity index (χ0) is 16.8. The summed E-state index contributed by atoms with van der Waals surface area (Å²) in [6.45, 7) is 3.83. The van der Waals surface area contributed by atoms with Gasteiger partial charge in [-0.2, -0.15) is 0 Å². The van der Waals surface area contributed by atoms with Crippen LogP contribution >= 0.6 is 0 Å². The molecular formula is C19H18O4. The van der Waals surface area contributed by atoms with Gasteiger partial charge in [-0.05, 0) is 28.3 Å². The fraction of sp³-hybridized carbons (Fsp3) is 0.158. The molecule has 0 spiro atoms. The van der Waals surface area contributed by atoms with E-state index in [1.54, 1.807) is 6.07 Å². The molecule has 0 radical (unpaired) electrons. The Morgan fingerprint density at radius 3 is 2.30 bits per heavy atom. The zero-order valence-corrected chi connectivity index (χ0v) is 13.2. The molecule has 4 heteroatoms. The van der Waals surface area contributed by atoms with Crippen molar-refractivity contribution in [2.45, 2.75) is 6.42 Å². The maximum absolute atomic E-state index is 11.9. The topological polar surface area (TPSA) is 52.6 Å². The molecule has 0 unspecified atom stereocenters. The zero-order valence-electron chi connectivity index (χ0n) is 13.2. The predicted molar refractivity (Wildman–Crippen MR) is 88.6 cm³/mol. The summed E-state index contributed by atoms with van der Waals surface area (Å²) in [5.41, 5.74) is 3.45. The second-order valence-corrected chi connectivity index (χ2v) is 4.97. The minimum Gasteiger partial charge on any atom is -0.469 e. The lowest BCUT2D eigenvalue weighted by atomic mass is 9.92. The molecule has 0 aliphatic rings. The van der Waals surface area contributed by atoms with Gasteiger partial charge in [0.1, 0.15) is 0 Å². The Balaban J connectivity index is 2.51. The molecule has 0 aromatic heterocycles. The first kappa shape index (κ1) is 16.5. The normalized spacial score (nSPS) is 10.0. The summed E-state index contributed by atoms with van der Waals surface area (Å²) < 4.78 is 9.45. The highest BCUT2D eigenvalue weighted by atomic mass is 16.5. The Bertz CT molecular complexity index is 732. The van der Waals surface area contributed by atoms with Gasteiger partial charge in [-0.25, -0.2) is 4.79 Å². The molecule has 0 saturated heterocycles. The summed E-state index contributed by atoms with van der Waals surface area (Å²) in [5, 5.41) is 0. The van der Waals surface area contributed by atoms with E-state index in [9.17, 15) is 9.59 Å². The predicted octanol–water partition coefficient (Wildman–Crippen LogP) is 3.26. The Kier molecular flexibility index (Phi) is 5.31. The van der Waals surface area contributed by atoms with Crippen LogP contribution in [0.3, 0.4) is 0 Å². The number of methoxy groups -OCH3 is 2. The molecule has 118 valence electrons. The molecule has 0 heterocycles. The van der Waals surface area contributed by atoms with Crippen molar-refractivity contribution in [3.8, 4) is 11.1 Å². The number of ether oxygens (including phenoxy) is 2. The molecule has 0 saturated carbocycles. The summed E-state index contributed by atoms with van der Waals surface area (Å²) in [6, 6.07) is 15.1. The lowest BCUT2D eigenvalue weighted by Gasteiger charge is -2.13.